The summed E-state index contributed by atoms with van der Waals surface area (Å²) in [6.07, 6.45) is 0.699. The Morgan fingerprint density at radius 2 is 2.16 bits per heavy atom. The molecule has 1 fully saturated rings. The highest BCUT2D eigenvalue weighted by Crippen LogP contribution is 2.28. The number of nitrogens with one attached hydrogen (secondary N) is 2. The highest BCUT2D eigenvalue weighted by Gasteiger charge is 2.30. The van der Waals surface area contributed by atoms with Gasteiger partial charge < -0.3 is 15.5 Å². The molecule has 1 heterocycles. The van der Waals surface area contributed by atoms with Gasteiger partial charge in [-0.15, -0.1) is 0 Å². The number of carbonyl (C=O) groups is 1. The number of hydrogen-bond acceptors (Lipinski definition) is 3. The lowest BCUT2D eigenvalue weighted by Gasteiger charge is -2.19. The summed E-state index contributed by atoms with van der Waals surface area (Å²) in [5.74, 6) is -0.327. The second-order valence-electron chi connectivity index (χ2n) is 5.21. The van der Waals surface area contributed by atoms with E-state index >= 15 is 0 Å². The van der Waals surface area contributed by atoms with Crippen LogP contribution in [0.5, 0.6) is 0 Å². The van der Waals surface area contributed by atoms with Gasteiger partial charge in [-0.3, -0.25) is 4.79 Å². The second kappa shape index (κ2) is 5.47. The summed E-state index contributed by atoms with van der Waals surface area (Å²) in [6, 6.07) is 4.73. The van der Waals surface area contributed by atoms with E-state index in [0.717, 1.165) is 0 Å². The van der Waals surface area contributed by atoms with Crippen LogP contribution in [0.1, 0.15) is 20.3 Å². The molecule has 1 aliphatic rings. The Hall–Kier alpha value is -1.78. The van der Waals surface area contributed by atoms with Crippen molar-refractivity contribution < 1.29 is 9.18 Å². The van der Waals surface area contributed by atoms with Crippen LogP contribution in [-0.2, 0) is 4.79 Å². The first-order valence-electron chi connectivity index (χ1n) is 6.55. The molecule has 1 aromatic carbocycles. The van der Waals surface area contributed by atoms with Crippen LogP contribution in [0.4, 0.5) is 15.8 Å². The van der Waals surface area contributed by atoms with Crippen molar-refractivity contribution in [1.82, 2.24) is 4.90 Å². The number of amides is 1. The van der Waals surface area contributed by atoms with E-state index in [1.165, 1.54) is 6.07 Å². The first-order valence-corrected chi connectivity index (χ1v) is 6.55. The number of rotatable bonds is 4. The Bertz CT molecular complexity index is 476. The third-order valence-corrected chi connectivity index (χ3v) is 3.20. The van der Waals surface area contributed by atoms with Gasteiger partial charge in [0.2, 0.25) is 5.91 Å². The molecule has 0 aromatic heterocycles. The molecular weight excluding hydrogens is 245 g/mol. The lowest BCUT2D eigenvalue weighted by Crippen LogP contribution is -2.31. The summed E-state index contributed by atoms with van der Waals surface area (Å²) in [5.41, 5.74) is 1.07. The number of nitrogens with zero attached hydrogens (tertiary/aromatic N) is 1. The van der Waals surface area contributed by atoms with Gasteiger partial charge in [-0.1, -0.05) is 6.07 Å². The van der Waals surface area contributed by atoms with Gasteiger partial charge in [-0.05, 0) is 32.4 Å². The molecule has 5 heteroatoms. The zero-order chi connectivity index (χ0) is 14.0. The minimum atomic E-state index is -0.340. The SMILES string of the molecule is CC(C)Nc1cccc(F)c1N[C@H]1CCN(C)C1=O. The maximum atomic E-state index is 14.0. The molecule has 4 nitrogen and oxygen atoms in total. The first-order chi connectivity index (χ1) is 8.99. The van der Waals surface area contributed by atoms with E-state index in [1.807, 2.05) is 19.9 Å². The van der Waals surface area contributed by atoms with Crippen molar-refractivity contribution in [3.8, 4) is 0 Å². The standard InChI is InChI=1S/C14H20FN3O/c1-9(2)16-11-6-4-5-10(15)13(11)17-12-7-8-18(3)14(12)19/h4-6,9,12,16-17H,7-8H2,1-3H3/t12-/m0/s1. The van der Waals surface area contributed by atoms with Gasteiger partial charge in [0, 0.05) is 19.6 Å². The normalized spacial score (nSPS) is 19.1. The van der Waals surface area contributed by atoms with Gasteiger partial charge in [0.15, 0.2) is 0 Å². The minimum Gasteiger partial charge on any atom is -0.381 e. The Labute approximate surface area is 113 Å². The van der Waals surface area contributed by atoms with E-state index in [1.54, 1.807) is 18.0 Å². The van der Waals surface area contributed by atoms with Crippen LogP contribution < -0.4 is 10.6 Å². The van der Waals surface area contributed by atoms with E-state index in [0.29, 0.717) is 24.3 Å². The molecule has 0 spiro atoms. The highest BCUT2D eigenvalue weighted by molar-refractivity contribution is 5.87. The maximum absolute atomic E-state index is 14.0. The van der Waals surface area contributed by atoms with E-state index in [-0.39, 0.29) is 23.8 Å². The summed E-state index contributed by atoms with van der Waals surface area (Å²) in [7, 11) is 1.76. The van der Waals surface area contributed by atoms with Crippen LogP contribution in [0.2, 0.25) is 0 Å². The molecule has 1 amide bonds. The average Bonchev–Trinajstić information content (AvgIpc) is 2.64. The van der Waals surface area contributed by atoms with Gasteiger partial charge >= 0.3 is 0 Å². The predicted molar refractivity (Wildman–Crippen MR) is 74.8 cm³/mol. The Kier molecular flexibility index (Phi) is 3.93. The summed E-state index contributed by atoms with van der Waals surface area (Å²) >= 11 is 0. The predicted octanol–water partition coefficient (Wildman–Crippen LogP) is 2.29. The van der Waals surface area contributed by atoms with Crippen LogP contribution in [-0.4, -0.2) is 36.5 Å². The molecule has 0 radical (unpaired) electrons. The van der Waals surface area contributed by atoms with Crippen molar-refractivity contribution in [2.75, 3.05) is 24.2 Å². The lowest BCUT2D eigenvalue weighted by atomic mass is 10.2. The fourth-order valence-corrected chi connectivity index (χ4v) is 2.23. The van der Waals surface area contributed by atoms with Crippen molar-refractivity contribution in [3.63, 3.8) is 0 Å². The number of likely N-dealkylation sites (N-methyl/N-ethyl adjacent to an activating group) is 1. The zero-order valence-corrected chi connectivity index (χ0v) is 11.5. The van der Waals surface area contributed by atoms with Crippen LogP contribution in [0.15, 0.2) is 18.2 Å². The monoisotopic (exact) mass is 265 g/mol. The number of benzene rings is 1. The van der Waals surface area contributed by atoms with E-state index in [9.17, 15) is 9.18 Å². The number of carbonyl (C=O) groups excluding carboxylic acids is 1. The van der Waals surface area contributed by atoms with Crippen LogP contribution in [0.25, 0.3) is 0 Å². The van der Waals surface area contributed by atoms with Gasteiger partial charge in [-0.2, -0.15) is 0 Å². The largest absolute Gasteiger partial charge is 0.381 e. The molecule has 2 N–H and O–H groups in total. The molecule has 0 saturated carbocycles. The summed E-state index contributed by atoms with van der Waals surface area (Å²) in [5, 5.41) is 6.22. The lowest BCUT2D eigenvalue weighted by molar-refractivity contribution is -0.127. The smallest absolute Gasteiger partial charge is 0.244 e. The van der Waals surface area contributed by atoms with Gasteiger partial charge in [0.1, 0.15) is 11.9 Å². The molecule has 1 aromatic rings. The van der Waals surface area contributed by atoms with Gasteiger partial charge in [0.05, 0.1) is 11.4 Å². The van der Waals surface area contributed by atoms with Gasteiger partial charge in [-0.25, -0.2) is 4.39 Å². The summed E-state index contributed by atoms with van der Waals surface area (Å²) in [4.78, 5) is 13.5. The molecule has 1 aliphatic heterocycles. The van der Waals surface area contributed by atoms with Crippen molar-refractivity contribution in [1.29, 1.82) is 0 Å². The fraction of sp³-hybridized carbons (Fsp3) is 0.500. The zero-order valence-electron chi connectivity index (χ0n) is 11.5. The number of halogens is 1. The Morgan fingerprint density at radius 1 is 1.42 bits per heavy atom. The van der Waals surface area contributed by atoms with E-state index < -0.39 is 0 Å². The van der Waals surface area contributed by atoms with Gasteiger partial charge in [0.25, 0.3) is 0 Å². The van der Waals surface area contributed by atoms with Crippen molar-refractivity contribution in [2.45, 2.75) is 32.4 Å². The molecule has 1 atom stereocenters. The molecule has 0 unspecified atom stereocenters. The average molecular weight is 265 g/mol. The summed E-state index contributed by atoms with van der Waals surface area (Å²) < 4.78 is 14.0. The number of hydrogen-bond donors (Lipinski definition) is 2. The topological polar surface area (TPSA) is 44.4 Å². The fourth-order valence-electron chi connectivity index (χ4n) is 2.23. The van der Waals surface area contributed by atoms with Crippen molar-refractivity contribution in [3.05, 3.63) is 24.0 Å². The third kappa shape index (κ3) is 2.97. The number of likely N-dealkylation sites (tertiary alicyclic amines) is 1. The Balaban J connectivity index is 2.21. The first kappa shape index (κ1) is 13.6. The molecule has 0 bridgehead atoms. The van der Waals surface area contributed by atoms with Crippen LogP contribution in [0.3, 0.4) is 0 Å². The number of para-hydroxylation sites is 1. The molecule has 2 rings (SSSR count). The van der Waals surface area contributed by atoms with Crippen molar-refractivity contribution in [2.24, 2.45) is 0 Å². The number of anilines is 2. The van der Waals surface area contributed by atoms with Crippen LogP contribution in [0, 0.1) is 5.82 Å². The third-order valence-electron chi connectivity index (χ3n) is 3.20. The maximum Gasteiger partial charge on any atom is 0.244 e. The summed E-state index contributed by atoms with van der Waals surface area (Å²) in [6.45, 7) is 4.68. The van der Waals surface area contributed by atoms with E-state index in [4.69, 9.17) is 0 Å². The quantitative estimate of drug-likeness (QED) is 0.878. The molecular formula is C14H20FN3O. The van der Waals surface area contributed by atoms with E-state index in [2.05, 4.69) is 10.6 Å². The molecule has 1 saturated heterocycles. The molecule has 0 aliphatic carbocycles. The van der Waals surface area contributed by atoms with Crippen LogP contribution >= 0.6 is 0 Å². The highest BCUT2D eigenvalue weighted by atomic mass is 19.1. The second-order valence-corrected chi connectivity index (χ2v) is 5.21. The Morgan fingerprint density at radius 3 is 2.74 bits per heavy atom. The minimum absolute atomic E-state index is 0.0127. The molecule has 104 valence electrons. The molecule has 19 heavy (non-hydrogen) atoms. The van der Waals surface area contributed by atoms with Crippen molar-refractivity contribution >= 4 is 17.3 Å².